The number of carbonyl (C=O) groups excluding carboxylic acids is 1. The number of likely N-dealkylation sites (tertiary alicyclic amines) is 1. The molecular weight excluding hydrogens is 470 g/mol. The number of ether oxygens (including phenoxy) is 1. The van der Waals surface area contributed by atoms with Gasteiger partial charge in [-0.15, -0.1) is 0 Å². The maximum Gasteiger partial charge on any atom is 0.246 e. The highest BCUT2D eigenvalue weighted by Gasteiger charge is 2.34. The zero-order valence-corrected chi connectivity index (χ0v) is 21.3. The van der Waals surface area contributed by atoms with E-state index in [0.29, 0.717) is 6.04 Å². The van der Waals surface area contributed by atoms with Crippen LogP contribution >= 0.6 is 11.3 Å². The summed E-state index contributed by atoms with van der Waals surface area (Å²) in [5.41, 5.74) is 5.93. The summed E-state index contributed by atoms with van der Waals surface area (Å²) in [7, 11) is 0. The lowest BCUT2D eigenvalue weighted by Gasteiger charge is -2.30. The number of anilines is 2. The van der Waals surface area contributed by atoms with Crippen molar-refractivity contribution in [2.45, 2.75) is 31.8 Å². The number of nitrogens with one attached hydrogen (secondary N) is 2. The molecule has 0 radical (unpaired) electrons. The fraction of sp³-hybridized carbons (Fsp3) is 0.357. The minimum Gasteiger partial charge on any atom is -0.378 e. The number of morpholine rings is 1. The van der Waals surface area contributed by atoms with E-state index in [1.165, 1.54) is 5.69 Å². The number of thiophene rings is 1. The van der Waals surface area contributed by atoms with Crippen molar-refractivity contribution in [3.63, 3.8) is 0 Å². The molecule has 0 aliphatic carbocycles. The van der Waals surface area contributed by atoms with Gasteiger partial charge in [0.1, 0.15) is 6.04 Å². The van der Waals surface area contributed by atoms with Crippen LogP contribution in [-0.4, -0.2) is 59.9 Å². The van der Waals surface area contributed by atoms with Crippen LogP contribution in [0.2, 0.25) is 0 Å². The zero-order valence-electron chi connectivity index (χ0n) is 20.4. The first-order valence-electron chi connectivity index (χ1n) is 12.7. The van der Waals surface area contributed by atoms with Crippen molar-refractivity contribution in [1.82, 2.24) is 15.1 Å². The number of carbonyl (C=O) groups is 1. The lowest BCUT2D eigenvalue weighted by molar-refractivity contribution is -0.121. The third-order valence-corrected chi connectivity index (χ3v) is 8.09. The SMILES string of the molecule is CC1CCCN1C(C(=O)Nc1ccc2[nH]nc(-c3ccc(N4CCOCC4)cc3)c2c1)c1ccsc1. The van der Waals surface area contributed by atoms with Gasteiger partial charge in [-0.3, -0.25) is 14.8 Å². The van der Waals surface area contributed by atoms with Crippen LogP contribution in [0.3, 0.4) is 0 Å². The predicted molar refractivity (Wildman–Crippen MR) is 146 cm³/mol. The standard InChI is InChI=1S/C28H31N5O2S/c1-19-3-2-11-33(19)27(21-10-16-36-18-21)28(34)29-22-6-9-25-24(17-22)26(31-30-25)20-4-7-23(8-5-20)32-12-14-35-15-13-32/h4-10,16-19,27H,2-3,11-15H2,1H3,(H,29,34)(H,30,31). The van der Waals surface area contributed by atoms with E-state index in [1.807, 2.05) is 23.6 Å². The molecule has 2 aromatic carbocycles. The van der Waals surface area contributed by atoms with Crippen LogP contribution in [0.25, 0.3) is 22.2 Å². The van der Waals surface area contributed by atoms with Crippen molar-refractivity contribution in [1.29, 1.82) is 0 Å². The number of H-pyrrole nitrogens is 1. The molecule has 2 aliphatic heterocycles. The van der Waals surface area contributed by atoms with Crippen molar-refractivity contribution in [2.75, 3.05) is 43.1 Å². The van der Waals surface area contributed by atoms with Gasteiger partial charge < -0.3 is 15.0 Å². The molecule has 0 saturated carbocycles. The Morgan fingerprint density at radius 1 is 1.14 bits per heavy atom. The number of aromatic nitrogens is 2. The van der Waals surface area contributed by atoms with Crippen LogP contribution in [0.1, 0.15) is 31.4 Å². The van der Waals surface area contributed by atoms with E-state index in [4.69, 9.17) is 4.74 Å². The summed E-state index contributed by atoms with van der Waals surface area (Å²) in [6.07, 6.45) is 2.26. The second-order valence-electron chi connectivity index (χ2n) is 9.66. The number of nitrogens with zero attached hydrogens (tertiary/aromatic N) is 3. The molecule has 36 heavy (non-hydrogen) atoms. The van der Waals surface area contributed by atoms with Crippen LogP contribution in [-0.2, 0) is 9.53 Å². The van der Waals surface area contributed by atoms with Crippen molar-refractivity contribution in [3.05, 3.63) is 64.9 Å². The summed E-state index contributed by atoms with van der Waals surface area (Å²) >= 11 is 1.64. The third-order valence-electron chi connectivity index (χ3n) is 7.39. The molecule has 0 bridgehead atoms. The monoisotopic (exact) mass is 501 g/mol. The lowest BCUT2D eigenvalue weighted by Crippen LogP contribution is -2.39. The minimum absolute atomic E-state index is 0.0152. The summed E-state index contributed by atoms with van der Waals surface area (Å²) in [5.74, 6) is 0.0152. The number of aromatic amines is 1. The highest BCUT2D eigenvalue weighted by Crippen LogP contribution is 2.33. The zero-order chi connectivity index (χ0) is 24.5. The molecule has 2 saturated heterocycles. The van der Waals surface area contributed by atoms with Gasteiger partial charge in [0.2, 0.25) is 5.91 Å². The van der Waals surface area contributed by atoms with E-state index in [0.717, 1.165) is 79.1 Å². The third kappa shape index (κ3) is 4.52. The maximum atomic E-state index is 13.6. The van der Waals surface area contributed by atoms with Crippen molar-refractivity contribution in [2.24, 2.45) is 0 Å². The van der Waals surface area contributed by atoms with E-state index in [-0.39, 0.29) is 11.9 Å². The number of hydrogen-bond acceptors (Lipinski definition) is 6. The molecule has 2 aliphatic rings. The molecule has 7 nitrogen and oxygen atoms in total. The number of benzene rings is 2. The molecule has 2 unspecified atom stereocenters. The van der Waals surface area contributed by atoms with Crippen LogP contribution in [0, 0.1) is 0 Å². The van der Waals surface area contributed by atoms with Gasteiger partial charge in [0.05, 0.1) is 24.4 Å². The number of rotatable bonds is 6. The molecule has 1 amide bonds. The van der Waals surface area contributed by atoms with Gasteiger partial charge >= 0.3 is 0 Å². The number of hydrogen-bond donors (Lipinski definition) is 2. The van der Waals surface area contributed by atoms with Gasteiger partial charge in [-0.25, -0.2) is 0 Å². The van der Waals surface area contributed by atoms with Crippen LogP contribution in [0.15, 0.2) is 59.3 Å². The minimum atomic E-state index is -0.277. The van der Waals surface area contributed by atoms with Crippen molar-refractivity contribution in [3.8, 4) is 11.3 Å². The molecule has 4 aromatic rings. The molecule has 6 rings (SSSR count). The van der Waals surface area contributed by atoms with Gasteiger partial charge in [0.15, 0.2) is 0 Å². The lowest BCUT2D eigenvalue weighted by atomic mass is 10.1. The average Bonchev–Trinajstić information content (AvgIpc) is 3.67. The Kier molecular flexibility index (Phi) is 6.48. The first kappa shape index (κ1) is 23.2. The second kappa shape index (κ2) is 10.0. The molecule has 0 spiro atoms. The van der Waals surface area contributed by atoms with E-state index in [1.54, 1.807) is 11.3 Å². The quantitative estimate of drug-likeness (QED) is 0.376. The molecule has 2 aromatic heterocycles. The van der Waals surface area contributed by atoms with E-state index in [9.17, 15) is 4.79 Å². The second-order valence-corrected chi connectivity index (χ2v) is 10.4. The summed E-state index contributed by atoms with van der Waals surface area (Å²) in [6, 6.07) is 16.7. The summed E-state index contributed by atoms with van der Waals surface area (Å²) in [5, 5.41) is 16.1. The van der Waals surface area contributed by atoms with Crippen LogP contribution in [0.5, 0.6) is 0 Å². The van der Waals surface area contributed by atoms with Crippen molar-refractivity contribution < 1.29 is 9.53 Å². The Morgan fingerprint density at radius 3 is 2.69 bits per heavy atom. The first-order chi connectivity index (χ1) is 17.7. The Balaban J connectivity index is 1.25. The highest BCUT2D eigenvalue weighted by molar-refractivity contribution is 7.08. The Bertz CT molecular complexity index is 1330. The molecule has 2 fully saturated rings. The average molecular weight is 502 g/mol. The van der Waals surface area contributed by atoms with Gasteiger partial charge in [0, 0.05) is 41.5 Å². The highest BCUT2D eigenvalue weighted by atomic mass is 32.1. The molecular formula is C28H31N5O2S. The predicted octanol–water partition coefficient (Wildman–Crippen LogP) is 5.29. The molecule has 2 N–H and O–H groups in total. The van der Waals surface area contributed by atoms with Gasteiger partial charge in [-0.1, -0.05) is 12.1 Å². The largest absolute Gasteiger partial charge is 0.378 e. The molecule has 186 valence electrons. The molecule has 2 atom stereocenters. The van der Waals surface area contributed by atoms with Crippen LogP contribution in [0.4, 0.5) is 11.4 Å². The smallest absolute Gasteiger partial charge is 0.246 e. The van der Waals surface area contributed by atoms with Gasteiger partial charge in [-0.2, -0.15) is 16.4 Å². The molecule has 4 heterocycles. The number of amides is 1. The normalized spacial score (nSPS) is 19.6. The van der Waals surface area contributed by atoms with E-state index < -0.39 is 0 Å². The summed E-state index contributed by atoms with van der Waals surface area (Å²) < 4.78 is 5.47. The fourth-order valence-electron chi connectivity index (χ4n) is 5.44. The Labute approximate surface area is 215 Å². The van der Waals surface area contributed by atoms with E-state index in [2.05, 4.69) is 67.9 Å². The van der Waals surface area contributed by atoms with Gasteiger partial charge in [-0.05, 0) is 79.0 Å². The first-order valence-corrected chi connectivity index (χ1v) is 13.6. The maximum absolute atomic E-state index is 13.6. The van der Waals surface area contributed by atoms with E-state index >= 15 is 0 Å². The van der Waals surface area contributed by atoms with Crippen LogP contribution < -0.4 is 10.2 Å². The Hall–Kier alpha value is -3.20. The number of fused-ring (bicyclic) bond motifs is 1. The van der Waals surface area contributed by atoms with Gasteiger partial charge in [0.25, 0.3) is 0 Å². The summed E-state index contributed by atoms with van der Waals surface area (Å²) in [6.45, 7) is 6.52. The Morgan fingerprint density at radius 2 is 1.97 bits per heavy atom. The summed E-state index contributed by atoms with van der Waals surface area (Å²) in [4.78, 5) is 18.2. The topological polar surface area (TPSA) is 73.5 Å². The molecule has 8 heteroatoms. The van der Waals surface area contributed by atoms with Crippen molar-refractivity contribution >= 4 is 39.5 Å². The fourth-order valence-corrected chi connectivity index (χ4v) is 6.12.